The van der Waals surface area contributed by atoms with Crippen molar-refractivity contribution in [3.05, 3.63) is 0 Å². The van der Waals surface area contributed by atoms with E-state index in [2.05, 4.69) is 22.9 Å². The molecule has 0 spiro atoms. The molecular formula is C10H17N3. The number of hydrogen-bond acceptors (Lipinski definition) is 3. The van der Waals surface area contributed by atoms with Gasteiger partial charge >= 0.3 is 0 Å². The molecule has 0 saturated carbocycles. The minimum absolute atomic E-state index is 0.690. The summed E-state index contributed by atoms with van der Waals surface area (Å²) in [6.07, 6.45) is 0.690. The molecule has 3 nitrogen and oxygen atoms in total. The molecule has 2 rings (SSSR count). The van der Waals surface area contributed by atoms with Crippen molar-refractivity contribution in [1.29, 1.82) is 5.26 Å². The van der Waals surface area contributed by atoms with Crippen LogP contribution in [0.4, 0.5) is 0 Å². The third-order valence-corrected chi connectivity index (χ3v) is 3.28. The maximum atomic E-state index is 8.49. The van der Waals surface area contributed by atoms with Crippen molar-refractivity contribution >= 4 is 0 Å². The average molecular weight is 179 g/mol. The molecule has 2 atom stereocenters. The summed E-state index contributed by atoms with van der Waals surface area (Å²) < 4.78 is 0. The van der Waals surface area contributed by atoms with E-state index in [4.69, 9.17) is 5.26 Å². The third-order valence-electron chi connectivity index (χ3n) is 3.28. The van der Waals surface area contributed by atoms with Crippen molar-refractivity contribution < 1.29 is 0 Å². The molecule has 72 valence electrons. The van der Waals surface area contributed by atoms with E-state index in [0.29, 0.717) is 6.42 Å². The normalized spacial score (nSPS) is 34.8. The molecule has 0 radical (unpaired) electrons. The van der Waals surface area contributed by atoms with Crippen molar-refractivity contribution in [2.24, 2.45) is 11.8 Å². The average Bonchev–Trinajstić information content (AvgIpc) is 2.57. The molecule has 2 saturated heterocycles. The summed E-state index contributed by atoms with van der Waals surface area (Å²) in [4.78, 5) is 4.88. The zero-order valence-electron chi connectivity index (χ0n) is 8.24. The molecule has 2 fully saturated rings. The molecule has 0 bridgehead atoms. The van der Waals surface area contributed by atoms with Crippen LogP contribution in [0.3, 0.4) is 0 Å². The number of nitrogens with zero attached hydrogens (tertiary/aromatic N) is 3. The number of nitriles is 1. The molecular weight excluding hydrogens is 162 g/mol. The molecule has 3 heteroatoms. The largest absolute Gasteiger partial charge is 0.306 e. The molecule has 0 aliphatic carbocycles. The molecule has 0 unspecified atom stereocenters. The topological polar surface area (TPSA) is 30.3 Å². The Morgan fingerprint density at radius 1 is 1.23 bits per heavy atom. The quantitative estimate of drug-likeness (QED) is 0.614. The fraction of sp³-hybridized carbons (Fsp3) is 0.900. The molecule has 0 amide bonds. The fourth-order valence-corrected chi connectivity index (χ4v) is 2.72. The maximum Gasteiger partial charge on any atom is 0.0635 e. The molecule has 13 heavy (non-hydrogen) atoms. The Bertz CT molecular complexity index is 207. The summed E-state index contributed by atoms with van der Waals surface area (Å²) >= 11 is 0. The lowest BCUT2D eigenvalue weighted by atomic mass is 10.0. The molecule has 2 heterocycles. The van der Waals surface area contributed by atoms with E-state index in [9.17, 15) is 0 Å². The first-order valence-corrected chi connectivity index (χ1v) is 5.07. The van der Waals surface area contributed by atoms with Gasteiger partial charge < -0.3 is 9.80 Å². The Hall–Kier alpha value is -0.590. The summed E-state index contributed by atoms with van der Waals surface area (Å²) in [5.41, 5.74) is 0. The van der Waals surface area contributed by atoms with E-state index in [-0.39, 0.29) is 0 Å². The highest BCUT2D eigenvalue weighted by atomic mass is 15.2. The van der Waals surface area contributed by atoms with Crippen molar-refractivity contribution in [1.82, 2.24) is 9.80 Å². The van der Waals surface area contributed by atoms with Gasteiger partial charge in [-0.25, -0.2) is 0 Å². The van der Waals surface area contributed by atoms with Gasteiger partial charge in [-0.05, 0) is 18.9 Å². The number of hydrogen-bond donors (Lipinski definition) is 0. The molecule has 0 N–H and O–H groups in total. The van der Waals surface area contributed by atoms with E-state index in [1.807, 2.05) is 0 Å². The van der Waals surface area contributed by atoms with Gasteiger partial charge in [-0.1, -0.05) is 0 Å². The van der Waals surface area contributed by atoms with E-state index < -0.39 is 0 Å². The predicted molar refractivity (Wildman–Crippen MR) is 51.1 cm³/mol. The van der Waals surface area contributed by atoms with Crippen molar-refractivity contribution in [2.75, 3.05) is 39.8 Å². The first-order valence-electron chi connectivity index (χ1n) is 5.07. The number of rotatable bonds is 2. The van der Waals surface area contributed by atoms with E-state index in [1.165, 1.54) is 26.2 Å². The van der Waals surface area contributed by atoms with Gasteiger partial charge in [-0.15, -0.1) is 0 Å². The van der Waals surface area contributed by atoms with Crippen LogP contribution in [0.5, 0.6) is 0 Å². The van der Waals surface area contributed by atoms with Gasteiger partial charge in [0.25, 0.3) is 0 Å². The third kappa shape index (κ3) is 1.84. The second-order valence-electron chi connectivity index (χ2n) is 4.41. The van der Waals surface area contributed by atoms with Crippen LogP contribution in [-0.4, -0.2) is 49.6 Å². The summed E-state index contributed by atoms with van der Waals surface area (Å²) in [5.74, 6) is 1.76. The Morgan fingerprint density at radius 3 is 2.38 bits per heavy atom. The monoisotopic (exact) mass is 179 g/mol. The molecule has 2 aliphatic rings. The SMILES string of the molecule is CN1C[C@@H]2CN(CCC#N)C[C@@H]2C1. The summed E-state index contributed by atoms with van der Waals surface area (Å²) in [6.45, 7) is 5.93. The lowest BCUT2D eigenvalue weighted by Crippen LogP contribution is -2.27. The summed E-state index contributed by atoms with van der Waals surface area (Å²) in [6, 6.07) is 2.22. The van der Waals surface area contributed by atoms with Gasteiger partial charge in [-0.3, -0.25) is 0 Å². The van der Waals surface area contributed by atoms with Gasteiger partial charge in [0, 0.05) is 39.1 Å². The van der Waals surface area contributed by atoms with Crippen molar-refractivity contribution in [3.63, 3.8) is 0 Å². The van der Waals surface area contributed by atoms with E-state index in [0.717, 1.165) is 18.4 Å². The first kappa shape index (κ1) is 8.98. The number of likely N-dealkylation sites (tertiary alicyclic amines) is 2. The van der Waals surface area contributed by atoms with E-state index >= 15 is 0 Å². The molecule has 2 aliphatic heterocycles. The number of fused-ring (bicyclic) bond motifs is 1. The highest BCUT2D eigenvalue weighted by Crippen LogP contribution is 2.29. The minimum Gasteiger partial charge on any atom is -0.306 e. The van der Waals surface area contributed by atoms with Gasteiger partial charge in [0.15, 0.2) is 0 Å². The first-order chi connectivity index (χ1) is 6.29. The fourth-order valence-electron chi connectivity index (χ4n) is 2.72. The Kier molecular flexibility index (Phi) is 2.52. The van der Waals surface area contributed by atoms with Crippen LogP contribution in [0.25, 0.3) is 0 Å². The Morgan fingerprint density at radius 2 is 1.85 bits per heavy atom. The zero-order chi connectivity index (χ0) is 9.26. The van der Waals surface area contributed by atoms with Crippen molar-refractivity contribution in [3.8, 4) is 6.07 Å². The van der Waals surface area contributed by atoms with Crippen LogP contribution in [0.2, 0.25) is 0 Å². The van der Waals surface area contributed by atoms with E-state index in [1.54, 1.807) is 0 Å². The summed E-state index contributed by atoms with van der Waals surface area (Å²) in [7, 11) is 2.21. The predicted octanol–water partition coefficient (Wildman–Crippen LogP) is 0.393. The second-order valence-corrected chi connectivity index (χ2v) is 4.41. The molecule has 0 aromatic carbocycles. The summed E-state index contributed by atoms with van der Waals surface area (Å²) in [5, 5.41) is 8.49. The lowest BCUT2D eigenvalue weighted by molar-refractivity contribution is 0.283. The Balaban J connectivity index is 1.81. The van der Waals surface area contributed by atoms with Crippen LogP contribution < -0.4 is 0 Å². The minimum atomic E-state index is 0.690. The Labute approximate surface area is 79.9 Å². The lowest BCUT2D eigenvalue weighted by Gasteiger charge is -2.17. The van der Waals surface area contributed by atoms with Gasteiger partial charge in [0.1, 0.15) is 0 Å². The van der Waals surface area contributed by atoms with Gasteiger partial charge in [-0.2, -0.15) is 5.26 Å². The zero-order valence-corrected chi connectivity index (χ0v) is 8.24. The smallest absolute Gasteiger partial charge is 0.0635 e. The second kappa shape index (κ2) is 3.65. The van der Waals surface area contributed by atoms with Crippen molar-refractivity contribution in [2.45, 2.75) is 6.42 Å². The van der Waals surface area contributed by atoms with Crippen LogP contribution in [0, 0.1) is 23.2 Å². The van der Waals surface area contributed by atoms with Gasteiger partial charge in [0.05, 0.1) is 6.07 Å². The molecule has 0 aromatic heterocycles. The van der Waals surface area contributed by atoms with Crippen LogP contribution >= 0.6 is 0 Å². The van der Waals surface area contributed by atoms with Crippen LogP contribution in [0.15, 0.2) is 0 Å². The van der Waals surface area contributed by atoms with Crippen LogP contribution in [0.1, 0.15) is 6.42 Å². The van der Waals surface area contributed by atoms with Crippen LogP contribution in [-0.2, 0) is 0 Å². The van der Waals surface area contributed by atoms with Gasteiger partial charge in [0.2, 0.25) is 0 Å². The maximum absolute atomic E-state index is 8.49. The highest BCUT2D eigenvalue weighted by molar-refractivity contribution is 4.92. The highest BCUT2D eigenvalue weighted by Gasteiger charge is 2.37. The molecule has 0 aromatic rings. The standard InChI is InChI=1S/C10H17N3/c1-12-5-9-7-13(4-2-3-11)8-10(9)6-12/h9-10H,2,4-8H2,1H3/t9-,10+.